The molecule has 11 heteroatoms. The summed E-state index contributed by atoms with van der Waals surface area (Å²) < 4.78 is 1.54. The van der Waals surface area contributed by atoms with Gasteiger partial charge in [0.05, 0.1) is 11.3 Å². The Bertz CT molecular complexity index is 1490. The third kappa shape index (κ3) is 3.79. The lowest BCUT2D eigenvalue weighted by Gasteiger charge is -2.39. The number of anilines is 2. The highest BCUT2D eigenvalue weighted by atomic mass is 32.1. The Labute approximate surface area is 197 Å². The van der Waals surface area contributed by atoms with Gasteiger partial charge < -0.3 is 15.3 Å². The first kappa shape index (κ1) is 21.7. The van der Waals surface area contributed by atoms with Gasteiger partial charge in [-0.05, 0) is 43.2 Å². The Balaban J connectivity index is 1.46. The lowest BCUT2D eigenvalue weighted by molar-refractivity contribution is -0.120. The third-order valence-corrected chi connectivity index (χ3v) is 6.51. The number of nitrogens with zero attached hydrogens (tertiary/aromatic N) is 5. The van der Waals surface area contributed by atoms with Crippen molar-refractivity contribution >= 4 is 45.9 Å². The Morgan fingerprint density at radius 2 is 1.97 bits per heavy atom. The lowest BCUT2D eigenvalue weighted by atomic mass is 9.98. The number of nitrogens with one attached hydrogen (secondary N) is 1. The molecule has 2 N–H and O–H groups in total. The van der Waals surface area contributed by atoms with E-state index in [2.05, 4.69) is 20.3 Å². The van der Waals surface area contributed by atoms with Crippen LogP contribution in [0.2, 0.25) is 0 Å². The number of amides is 1. The van der Waals surface area contributed by atoms with E-state index in [9.17, 15) is 19.5 Å². The Hall–Kier alpha value is -4.12. The number of hydrogen-bond acceptors (Lipinski definition) is 8. The molecule has 34 heavy (non-hydrogen) atoms. The summed E-state index contributed by atoms with van der Waals surface area (Å²) in [6.07, 6.45) is 4.52. The van der Waals surface area contributed by atoms with Gasteiger partial charge in [0.25, 0.3) is 0 Å². The molecule has 4 aromatic heterocycles. The number of rotatable bonds is 5. The van der Waals surface area contributed by atoms with E-state index in [1.807, 2.05) is 24.0 Å². The molecule has 172 valence electrons. The van der Waals surface area contributed by atoms with E-state index in [1.165, 1.54) is 22.1 Å². The Morgan fingerprint density at radius 1 is 1.18 bits per heavy atom. The number of carboxylic acids is 1. The number of fused-ring (bicyclic) bond motifs is 1. The summed E-state index contributed by atoms with van der Waals surface area (Å²) in [6.45, 7) is 4.61. The van der Waals surface area contributed by atoms with E-state index in [4.69, 9.17) is 0 Å². The van der Waals surface area contributed by atoms with Crippen molar-refractivity contribution in [1.29, 1.82) is 0 Å². The van der Waals surface area contributed by atoms with E-state index >= 15 is 0 Å². The van der Waals surface area contributed by atoms with E-state index in [-0.39, 0.29) is 22.8 Å². The molecular weight excluding hydrogens is 456 g/mol. The summed E-state index contributed by atoms with van der Waals surface area (Å²) in [7, 11) is 0. The maximum atomic E-state index is 12.9. The van der Waals surface area contributed by atoms with Gasteiger partial charge >= 0.3 is 5.97 Å². The summed E-state index contributed by atoms with van der Waals surface area (Å²) in [5.41, 5.74) is 1.02. The molecule has 1 amide bonds. The van der Waals surface area contributed by atoms with Gasteiger partial charge in [0, 0.05) is 37.1 Å². The van der Waals surface area contributed by atoms with Crippen molar-refractivity contribution in [2.75, 3.05) is 23.3 Å². The van der Waals surface area contributed by atoms with Crippen molar-refractivity contribution in [3.63, 3.8) is 0 Å². The highest BCUT2D eigenvalue weighted by molar-refractivity contribution is 7.12. The number of carboxylic acid groups (broad SMARTS) is 1. The Morgan fingerprint density at radius 3 is 2.65 bits per heavy atom. The van der Waals surface area contributed by atoms with Crippen LogP contribution in [0, 0.1) is 19.8 Å². The first-order chi connectivity index (χ1) is 16.3. The van der Waals surface area contributed by atoms with Crippen molar-refractivity contribution in [3.8, 4) is 5.13 Å². The molecule has 0 radical (unpaired) electrons. The average Bonchev–Trinajstić information content (AvgIpc) is 3.27. The summed E-state index contributed by atoms with van der Waals surface area (Å²) in [4.78, 5) is 52.2. The van der Waals surface area contributed by atoms with Crippen molar-refractivity contribution < 1.29 is 14.7 Å². The summed E-state index contributed by atoms with van der Waals surface area (Å²) >= 11 is 1.31. The van der Waals surface area contributed by atoms with Crippen molar-refractivity contribution in [2.24, 2.45) is 5.92 Å². The minimum atomic E-state index is -1.31. The average molecular weight is 477 g/mol. The van der Waals surface area contributed by atoms with Crippen LogP contribution in [0.5, 0.6) is 0 Å². The van der Waals surface area contributed by atoms with Gasteiger partial charge in [-0.25, -0.2) is 19.7 Å². The molecule has 0 spiro atoms. The van der Waals surface area contributed by atoms with Crippen LogP contribution in [-0.2, 0) is 4.79 Å². The second-order valence-corrected chi connectivity index (χ2v) is 9.04. The maximum absolute atomic E-state index is 12.9. The molecule has 4 aromatic rings. The molecule has 0 saturated carbocycles. The number of aromatic carboxylic acids is 1. The summed E-state index contributed by atoms with van der Waals surface area (Å²) in [5.74, 6) is -0.519. The molecule has 1 saturated heterocycles. The molecule has 0 bridgehead atoms. The van der Waals surface area contributed by atoms with Gasteiger partial charge in [-0.1, -0.05) is 0 Å². The highest BCUT2D eigenvalue weighted by Gasteiger charge is 2.34. The quantitative estimate of drug-likeness (QED) is 0.450. The number of carbonyl (C=O) groups is 2. The predicted octanol–water partition coefficient (Wildman–Crippen LogP) is 2.63. The minimum absolute atomic E-state index is 0.113. The van der Waals surface area contributed by atoms with Gasteiger partial charge in [-0.15, -0.1) is 11.3 Å². The molecule has 1 fully saturated rings. The van der Waals surface area contributed by atoms with Gasteiger partial charge in [0.15, 0.2) is 10.8 Å². The number of aromatic nitrogens is 4. The zero-order valence-corrected chi connectivity index (χ0v) is 19.2. The van der Waals surface area contributed by atoms with Gasteiger partial charge in [0.2, 0.25) is 11.3 Å². The van der Waals surface area contributed by atoms with E-state index < -0.39 is 11.4 Å². The van der Waals surface area contributed by atoms with Crippen molar-refractivity contribution in [2.45, 2.75) is 13.8 Å². The molecule has 0 aliphatic carbocycles. The van der Waals surface area contributed by atoms with Crippen molar-refractivity contribution in [3.05, 3.63) is 69.1 Å². The molecule has 1 aliphatic heterocycles. The van der Waals surface area contributed by atoms with Crippen LogP contribution < -0.4 is 15.6 Å². The van der Waals surface area contributed by atoms with E-state index in [0.29, 0.717) is 41.1 Å². The second kappa shape index (κ2) is 8.34. The fraction of sp³-hybridized carbons (Fsp3) is 0.217. The largest absolute Gasteiger partial charge is 0.477 e. The fourth-order valence-corrected chi connectivity index (χ4v) is 4.55. The normalized spacial score (nSPS) is 13.6. The minimum Gasteiger partial charge on any atom is -0.477 e. The molecule has 0 aromatic carbocycles. The standard InChI is InChI=1S/C23H20N6O4S/c1-12-3-4-24-16(7-12)26-21(31)14-9-28(10-14)17-8-13(2)18-19(30)15(22(32)33)11-29(20(18)27-17)23-25-5-6-34-23/h3-8,11,14H,9-10H2,1-2H3,(H,32,33)(H,24,26,31). The van der Waals surface area contributed by atoms with Crippen LogP contribution in [0.25, 0.3) is 16.2 Å². The predicted molar refractivity (Wildman–Crippen MR) is 128 cm³/mol. The maximum Gasteiger partial charge on any atom is 0.341 e. The number of aryl methyl sites for hydroxylation is 2. The number of carbonyl (C=O) groups excluding carboxylic acids is 1. The van der Waals surface area contributed by atoms with Gasteiger partial charge in [-0.3, -0.25) is 14.2 Å². The van der Waals surface area contributed by atoms with Crippen molar-refractivity contribution in [1.82, 2.24) is 19.5 Å². The topological polar surface area (TPSA) is 130 Å². The van der Waals surface area contributed by atoms with Gasteiger partial charge in [-0.2, -0.15) is 0 Å². The SMILES string of the molecule is Cc1ccnc(NC(=O)C2CN(c3cc(C)c4c(=O)c(C(=O)O)cn(-c5nccs5)c4n3)C2)c1. The first-order valence-corrected chi connectivity index (χ1v) is 11.4. The molecule has 0 unspecified atom stereocenters. The summed E-state index contributed by atoms with van der Waals surface area (Å²) in [6, 6.07) is 5.42. The number of pyridine rings is 3. The lowest BCUT2D eigenvalue weighted by Crippen LogP contribution is -2.52. The van der Waals surface area contributed by atoms with Crippen LogP contribution in [0.15, 0.2) is 47.0 Å². The Kier molecular flexibility index (Phi) is 5.33. The molecule has 5 rings (SSSR count). The number of thiazole rings is 1. The summed E-state index contributed by atoms with van der Waals surface area (Å²) in [5, 5.41) is 14.9. The van der Waals surface area contributed by atoms with Crippen LogP contribution in [0.1, 0.15) is 21.5 Å². The highest BCUT2D eigenvalue weighted by Crippen LogP contribution is 2.29. The molecule has 5 heterocycles. The van der Waals surface area contributed by atoms with Gasteiger partial charge in [0.1, 0.15) is 17.2 Å². The third-order valence-electron chi connectivity index (χ3n) is 5.74. The fourth-order valence-electron chi connectivity index (χ4n) is 3.94. The molecule has 10 nitrogen and oxygen atoms in total. The smallest absolute Gasteiger partial charge is 0.341 e. The van der Waals surface area contributed by atoms with Crippen LogP contribution >= 0.6 is 11.3 Å². The zero-order chi connectivity index (χ0) is 24.0. The van der Waals surface area contributed by atoms with E-state index in [1.54, 1.807) is 30.8 Å². The van der Waals surface area contributed by atoms with Crippen LogP contribution in [0.3, 0.4) is 0 Å². The zero-order valence-electron chi connectivity index (χ0n) is 18.3. The van der Waals surface area contributed by atoms with E-state index in [0.717, 1.165) is 5.56 Å². The monoisotopic (exact) mass is 476 g/mol. The van der Waals surface area contributed by atoms with Crippen LogP contribution in [-0.4, -0.2) is 49.6 Å². The molecule has 0 atom stereocenters. The van der Waals surface area contributed by atoms with Crippen LogP contribution in [0.4, 0.5) is 11.6 Å². The molecular formula is C23H20N6O4S. The molecule has 1 aliphatic rings. The number of hydrogen-bond donors (Lipinski definition) is 2. The first-order valence-electron chi connectivity index (χ1n) is 10.5. The second-order valence-electron chi connectivity index (χ2n) is 8.17.